The van der Waals surface area contributed by atoms with Crippen molar-refractivity contribution in [2.45, 2.75) is 19.8 Å². The SMILES string of the molecule is Cc1nsc(NC(=O)Nc2cccc(CCC(=O)O)c2)n1. The Kier molecular flexibility index (Phi) is 4.83. The maximum atomic E-state index is 11.8. The molecule has 0 atom stereocenters. The summed E-state index contributed by atoms with van der Waals surface area (Å²) in [5, 5.41) is 14.3. The first kappa shape index (κ1) is 14.9. The van der Waals surface area contributed by atoms with Crippen molar-refractivity contribution >= 4 is 34.4 Å². The van der Waals surface area contributed by atoms with Gasteiger partial charge in [-0.2, -0.15) is 4.37 Å². The van der Waals surface area contributed by atoms with Gasteiger partial charge in [-0.3, -0.25) is 10.1 Å². The topological polar surface area (TPSA) is 104 Å². The molecule has 0 aliphatic rings. The number of carboxylic acid groups (broad SMARTS) is 1. The minimum atomic E-state index is -0.849. The molecule has 0 bridgehead atoms. The lowest BCUT2D eigenvalue weighted by atomic mass is 10.1. The third kappa shape index (κ3) is 4.84. The lowest BCUT2D eigenvalue weighted by Gasteiger charge is -2.07. The molecule has 2 rings (SSSR count). The fraction of sp³-hybridized carbons (Fsp3) is 0.231. The van der Waals surface area contributed by atoms with E-state index < -0.39 is 12.0 Å². The summed E-state index contributed by atoms with van der Waals surface area (Å²) >= 11 is 1.10. The number of hydrogen-bond acceptors (Lipinski definition) is 5. The van der Waals surface area contributed by atoms with Crippen LogP contribution in [0.25, 0.3) is 0 Å². The molecule has 21 heavy (non-hydrogen) atoms. The van der Waals surface area contributed by atoms with E-state index in [4.69, 9.17) is 5.11 Å². The van der Waals surface area contributed by atoms with Crippen molar-refractivity contribution in [1.29, 1.82) is 0 Å². The lowest BCUT2D eigenvalue weighted by Crippen LogP contribution is -2.19. The Morgan fingerprint density at radius 1 is 1.33 bits per heavy atom. The number of carbonyl (C=O) groups is 2. The molecule has 110 valence electrons. The summed E-state index contributed by atoms with van der Waals surface area (Å²) in [5.74, 6) is -0.247. The van der Waals surface area contributed by atoms with Gasteiger partial charge in [0.1, 0.15) is 5.82 Å². The highest BCUT2D eigenvalue weighted by Crippen LogP contribution is 2.14. The number of benzene rings is 1. The average Bonchev–Trinajstić information content (AvgIpc) is 2.82. The molecule has 1 heterocycles. The van der Waals surface area contributed by atoms with E-state index in [0.717, 1.165) is 17.1 Å². The molecule has 7 nitrogen and oxygen atoms in total. The second kappa shape index (κ2) is 6.80. The molecule has 0 radical (unpaired) electrons. The molecule has 3 N–H and O–H groups in total. The van der Waals surface area contributed by atoms with Crippen LogP contribution in [0.3, 0.4) is 0 Å². The zero-order valence-corrected chi connectivity index (χ0v) is 12.1. The van der Waals surface area contributed by atoms with E-state index in [1.807, 2.05) is 6.07 Å². The molecule has 0 aliphatic heterocycles. The normalized spacial score (nSPS) is 10.1. The summed E-state index contributed by atoms with van der Waals surface area (Å²) in [4.78, 5) is 26.4. The Bertz CT molecular complexity index is 656. The molecule has 0 spiro atoms. The standard InChI is InChI=1S/C13H14N4O3S/c1-8-14-13(21-17-8)16-12(20)15-10-4-2-3-9(7-10)5-6-11(18)19/h2-4,7H,5-6H2,1H3,(H,18,19)(H2,14,15,16,17,20). The highest BCUT2D eigenvalue weighted by atomic mass is 32.1. The summed E-state index contributed by atoms with van der Waals surface area (Å²) in [6, 6.07) is 6.65. The van der Waals surface area contributed by atoms with E-state index in [0.29, 0.717) is 23.1 Å². The van der Waals surface area contributed by atoms with E-state index >= 15 is 0 Å². The number of carbonyl (C=O) groups excluding carboxylic acids is 1. The van der Waals surface area contributed by atoms with Gasteiger partial charge in [0.05, 0.1) is 0 Å². The van der Waals surface area contributed by atoms with Crippen LogP contribution in [0.2, 0.25) is 0 Å². The molecule has 8 heteroatoms. The van der Waals surface area contributed by atoms with Gasteiger partial charge in [0, 0.05) is 23.6 Å². The molecule has 0 aliphatic carbocycles. The molecule has 0 unspecified atom stereocenters. The van der Waals surface area contributed by atoms with Gasteiger partial charge in [0.2, 0.25) is 5.13 Å². The number of nitrogens with one attached hydrogen (secondary N) is 2. The number of nitrogens with zero attached hydrogens (tertiary/aromatic N) is 2. The van der Waals surface area contributed by atoms with Crippen molar-refractivity contribution in [3.05, 3.63) is 35.7 Å². The quantitative estimate of drug-likeness (QED) is 0.787. The summed E-state index contributed by atoms with van der Waals surface area (Å²) in [6.07, 6.45) is 0.474. The lowest BCUT2D eigenvalue weighted by molar-refractivity contribution is -0.136. The van der Waals surface area contributed by atoms with Crippen LogP contribution in [0.15, 0.2) is 24.3 Å². The summed E-state index contributed by atoms with van der Waals surface area (Å²) in [7, 11) is 0. The summed E-state index contributed by atoms with van der Waals surface area (Å²) in [5.41, 5.74) is 1.44. The highest BCUT2D eigenvalue weighted by molar-refractivity contribution is 7.09. The molecule has 0 saturated heterocycles. The van der Waals surface area contributed by atoms with Crippen LogP contribution >= 0.6 is 11.5 Å². The van der Waals surface area contributed by atoms with Crippen molar-refractivity contribution in [2.24, 2.45) is 0 Å². The van der Waals surface area contributed by atoms with Crippen LogP contribution in [0.4, 0.5) is 15.6 Å². The Hall–Kier alpha value is -2.48. The fourth-order valence-electron chi connectivity index (χ4n) is 1.66. The van der Waals surface area contributed by atoms with Gasteiger partial charge in [0.15, 0.2) is 0 Å². The molecule has 2 amide bonds. The van der Waals surface area contributed by atoms with Gasteiger partial charge in [-0.1, -0.05) is 12.1 Å². The molecular weight excluding hydrogens is 292 g/mol. The monoisotopic (exact) mass is 306 g/mol. The minimum Gasteiger partial charge on any atom is -0.481 e. The second-order valence-corrected chi connectivity index (χ2v) is 5.07. The first-order valence-electron chi connectivity index (χ1n) is 6.22. The van der Waals surface area contributed by atoms with Crippen molar-refractivity contribution < 1.29 is 14.7 Å². The van der Waals surface area contributed by atoms with E-state index in [1.165, 1.54) is 0 Å². The van der Waals surface area contributed by atoms with Crippen molar-refractivity contribution in [2.75, 3.05) is 10.6 Å². The van der Waals surface area contributed by atoms with Crippen molar-refractivity contribution in [3.8, 4) is 0 Å². The maximum absolute atomic E-state index is 11.8. The maximum Gasteiger partial charge on any atom is 0.325 e. The number of aliphatic carboxylic acids is 1. The smallest absolute Gasteiger partial charge is 0.325 e. The number of aromatic nitrogens is 2. The molecular formula is C13H14N4O3S. The number of rotatable bonds is 5. The van der Waals surface area contributed by atoms with Crippen LogP contribution < -0.4 is 10.6 Å². The largest absolute Gasteiger partial charge is 0.481 e. The number of aryl methyl sites for hydroxylation is 2. The third-order valence-electron chi connectivity index (χ3n) is 2.56. The van der Waals surface area contributed by atoms with Gasteiger partial charge in [0.25, 0.3) is 0 Å². The number of carboxylic acids is 1. The van der Waals surface area contributed by atoms with Crippen LogP contribution in [-0.4, -0.2) is 26.5 Å². The van der Waals surface area contributed by atoms with E-state index in [9.17, 15) is 9.59 Å². The first-order valence-corrected chi connectivity index (χ1v) is 6.99. The van der Waals surface area contributed by atoms with Crippen LogP contribution in [-0.2, 0) is 11.2 Å². The first-order chi connectivity index (χ1) is 10.0. The molecule has 1 aromatic carbocycles. The van der Waals surface area contributed by atoms with Crippen molar-refractivity contribution in [1.82, 2.24) is 9.36 Å². The Balaban J connectivity index is 1.94. The zero-order chi connectivity index (χ0) is 15.2. The molecule has 2 aromatic rings. The average molecular weight is 306 g/mol. The Morgan fingerprint density at radius 2 is 2.14 bits per heavy atom. The van der Waals surface area contributed by atoms with E-state index in [2.05, 4.69) is 20.0 Å². The minimum absolute atomic E-state index is 0.0553. The Morgan fingerprint density at radius 3 is 2.81 bits per heavy atom. The third-order valence-corrected chi connectivity index (χ3v) is 3.28. The zero-order valence-electron chi connectivity index (χ0n) is 11.3. The number of anilines is 2. The summed E-state index contributed by atoms with van der Waals surface area (Å²) < 4.78 is 3.96. The number of hydrogen-bond donors (Lipinski definition) is 3. The van der Waals surface area contributed by atoms with Gasteiger partial charge in [-0.25, -0.2) is 9.78 Å². The van der Waals surface area contributed by atoms with Crippen molar-refractivity contribution in [3.63, 3.8) is 0 Å². The van der Waals surface area contributed by atoms with E-state index in [-0.39, 0.29) is 6.42 Å². The number of amides is 2. The molecule has 0 fully saturated rings. The van der Waals surface area contributed by atoms with Gasteiger partial charge in [-0.15, -0.1) is 0 Å². The predicted molar refractivity (Wildman–Crippen MR) is 79.7 cm³/mol. The molecule has 0 saturated carbocycles. The van der Waals surface area contributed by atoms with Crippen LogP contribution in [0.5, 0.6) is 0 Å². The number of urea groups is 1. The van der Waals surface area contributed by atoms with Gasteiger partial charge >= 0.3 is 12.0 Å². The Labute approximate surface area is 125 Å². The summed E-state index contributed by atoms with van der Waals surface area (Å²) in [6.45, 7) is 1.74. The van der Waals surface area contributed by atoms with Crippen LogP contribution in [0.1, 0.15) is 17.8 Å². The van der Waals surface area contributed by atoms with E-state index in [1.54, 1.807) is 25.1 Å². The van der Waals surface area contributed by atoms with Gasteiger partial charge < -0.3 is 10.4 Å². The highest BCUT2D eigenvalue weighted by Gasteiger charge is 2.07. The molecule has 1 aromatic heterocycles. The van der Waals surface area contributed by atoms with Crippen LogP contribution in [0, 0.1) is 6.92 Å². The second-order valence-electron chi connectivity index (χ2n) is 4.32. The fourth-order valence-corrected chi connectivity index (χ4v) is 2.23. The predicted octanol–water partition coefficient (Wildman–Crippen LogP) is 2.51. The van der Waals surface area contributed by atoms with Gasteiger partial charge in [-0.05, 0) is 31.0 Å².